The van der Waals surface area contributed by atoms with E-state index in [-0.39, 0.29) is 17.5 Å². The number of carbonyl (C=O) groups is 2. The van der Waals surface area contributed by atoms with Crippen LogP contribution in [0.3, 0.4) is 0 Å². The van der Waals surface area contributed by atoms with E-state index in [0.717, 1.165) is 12.1 Å². The summed E-state index contributed by atoms with van der Waals surface area (Å²) in [5.74, 6) is 0.139. The zero-order valence-corrected chi connectivity index (χ0v) is 13.6. The molecule has 0 bridgehead atoms. The van der Waals surface area contributed by atoms with Crippen LogP contribution in [0, 0.1) is 0 Å². The molecule has 2 heterocycles. The van der Waals surface area contributed by atoms with Gasteiger partial charge in [-0.3, -0.25) is 9.59 Å². The molecule has 0 saturated carbocycles. The highest BCUT2D eigenvalue weighted by molar-refractivity contribution is 6.00. The number of carbonyl (C=O) groups excluding carboxylic acids is 2. The quantitative estimate of drug-likeness (QED) is 0.883. The van der Waals surface area contributed by atoms with Crippen molar-refractivity contribution in [3.05, 3.63) is 47.7 Å². The Kier molecular flexibility index (Phi) is 4.41. The Morgan fingerprint density at radius 2 is 1.96 bits per heavy atom. The molecule has 2 aromatic rings. The van der Waals surface area contributed by atoms with Crippen LogP contribution in [0.25, 0.3) is 0 Å². The van der Waals surface area contributed by atoms with Crippen LogP contribution in [0.1, 0.15) is 23.0 Å². The van der Waals surface area contributed by atoms with Crippen LogP contribution in [0.4, 0.5) is 11.5 Å². The van der Waals surface area contributed by atoms with Crippen molar-refractivity contribution in [2.24, 2.45) is 0 Å². The minimum absolute atomic E-state index is 0.0165. The SMILES string of the molecule is CNC(=O)c1ccc(NC(C)C(=O)N2CCc3ccccc32)nn1. The van der Waals surface area contributed by atoms with E-state index < -0.39 is 6.04 Å². The van der Waals surface area contributed by atoms with Crippen LogP contribution in [0.15, 0.2) is 36.4 Å². The van der Waals surface area contributed by atoms with Crippen molar-refractivity contribution in [2.45, 2.75) is 19.4 Å². The zero-order valence-electron chi connectivity index (χ0n) is 13.6. The maximum absolute atomic E-state index is 12.7. The van der Waals surface area contributed by atoms with E-state index in [1.165, 1.54) is 12.6 Å². The van der Waals surface area contributed by atoms with Gasteiger partial charge in [-0.05, 0) is 37.1 Å². The molecule has 2 amide bonds. The molecular formula is C17H19N5O2. The van der Waals surface area contributed by atoms with E-state index in [1.54, 1.807) is 24.0 Å². The molecule has 1 aromatic heterocycles. The molecule has 3 rings (SSSR count). The number of rotatable bonds is 4. The average Bonchev–Trinajstić information content (AvgIpc) is 3.05. The molecule has 2 N–H and O–H groups in total. The molecule has 7 heteroatoms. The summed E-state index contributed by atoms with van der Waals surface area (Å²) >= 11 is 0. The Labute approximate surface area is 140 Å². The van der Waals surface area contributed by atoms with Crippen molar-refractivity contribution < 1.29 is 9.59 Å². The predicted molar refractivity (Wildman–Crippen MR) is 91.0 cm³/mol. The summed E-state index contributed by atoms with van der Waals surface area (Å²) in [6.07, 6.45) is 0.870. The average molecular weight is 325 g/mol. The van der Waals surface area contributed by atoms with Gasteiger partial charge in [-0.2, -0.15) is 0 Å². The third-order valence-corrected chi connectivity index (χ3v) is 4.01. The lowest BCUT2D eigenvalue weighted by Crippen LogP contribution is -2.40. The van der Waals surface area contributed by atoms with E-state index >= 15 is 0 Å². The largest absolute Gasteiger partial charge is 0.357 e. The minimum atomic E-state index is -0.448. The fourth-order valence-corrected chi connectivity index (χ4v) is 2.74. The summed E-state index contributed by atoms with van der Waals surface area (Å²) in [4.78, 5) is 25.9. The van der Waals surface area contributed by atoms with Crippen molar-refractivity contribution in [3.63, 3.8) is 0 Å². The monoisotopic (exact) mass is 325 g/mol. The summed E-state index contributed by atoms with van der Waals surface area (Å²) in [5.41, 5.74) is 2.39. The Bertz CT molecular complexity index is 760. The second-order valence-corrected chi connectivity index (χ2v) is 5.62. The summed E-state index contributed by atoms with van der Waals surface area (Å²) in [6, 6.07) is 10.7. The van der Waals surface area contributed by atoms with E-state index in [0.29, 0.717) is 12.4 Å². The van der Waals surface area contributed by atoms with Gasteiger partial charge in [0.2, 0.25) is 5.91 Å². The highest BCUT2D eigenvalue weighted by atomic mass is 16.2. The number of nitrogens with zero attached hydrogens (tertiary/aromatic N) is 3. The van der Waals surface area contributed by atoms with Gasteiger partial charge in [-0.1, -0.05) is 18.2 Å². The fourth-order valence-electron chi connectivity index (χ4n) is 2.74. The number of benzene rings is 1. The fraction of sp³-hybridized carbons (Fsp3) is 0.294. The molecule has 0 spiro atoms. The topological polar surface area (TPSA) is 87.2 Å². The third kappa shape index (κ3) is 3.05. The number of amides is 2. The van der Waals surface area contributed by atoms with Crippen LogP contribution in [-0.4, -0.2) is 41.6 Å². The van der Waals surface area contributed by atoms with Gasteiger partial charge < -0.3 is 15.5 Å². The first-order valence-electron chi connectivity index (χ1n) is 7.82. The predicted octanol–water partition coefficient (Wildman–Crippen LogP) is 1.23. The van der Waals surface area contributed by atoms with Gasteiger partial charge in [0, 0.05) is 19.3 Å². The molecule has 7 nitrogen and oxygen atoms in total. The van der Waals surface area contributed by atoms with E-state index in [1.807, 2.05) is 24.3 Å². The molecule has 0 saturated heterocycles. The summed E-state index contributed by atoms with van der Waals surface area (Å²) in [6.45, 7) is 2.48. The van der Waals surface area contributed by atoms with E-state index in [4.69, 9.17) is 0 Å². The molecule has 1 unspecified atom stereocenters. The van der Waals surface area contributed by atoms with E-state index in [2.05, 4.69) is 20.8 Å². The van der Waals surface area contributed by atoms with Gasteiger partial charge in [0.1, 0.15) is 11.9 Å². The molecule has 0 aliphatic carbocycles. The molecular weight excluding hydrogens is 306 g/mol. The number of aromatic nitrogens is 2. The molecule has 24 heavy (non-hydrogen) atoms. The standard InChI is InChI=1S/C17H19N5O2/c1-11(19-15-8-7-13(20-21-15)16(23)18-2)17(24)22-10-9-12-5-3-4-6-14(12)22/h3-8,11H,9-10H2,1-2H3,(H,18,23)(H,19,21). The molecule has 0 radical (unpaired) electrons. The number of anilines is 2. The minimum Gasteiger partial charge on any atom is -0.357 e. The molecule has 124 valence electrons. The summed E-state index contributed by atoms with van der Waals surface area (Å²) < 4.78 is 0. The van der Waals surface area contributed by atoms with Crippen LogP contribution in [0.5, 0.6) is 0 Å². The summed E-state index contributed by atoms with van der Waals surface area (Å²) in [7, 11) is 1.53. The van der Waals surface area contributed by atoms with Crippen molar-refractivity contribution >= 4 is 23.3 Å². The Balaban J connectivity index is 1.68. The normalized spacial score (nSPS) is 14.0. The van der Waals surface area contributed by atoms with Crippen LogP contribution >= 0.6 is 0 Å². The van der Waals surface area contributed by atoms with Crippen LogP contribution in [0.2, 0.25) is 0 Å². The second kappa shape index (κ2) is 6.66. The lowest BCUT2D eigenvalue weighted by Gasteiger charge is -2.22. The number of fused-ring (bicyclic) bond motifs is 1. The van der Waals surface area contributed by atoms with Gasteiger partial charge in [0.05, 0.1) is 0 Å². The van der Waals surface area contributed by atoms with Gasteiger partial charge in [0.15, 0.2) is 5.69 Å². The van der Waals surface area contributed by atoms with Gasteiger partial charge in [-0.15, -0.1) is 10.2 Å². The van der Waals surface area contributed by atoms with Crippen molar-refractivity contribution in [2.75, 3.05) is 23.8 Å². The number of hydrogen-bond donors (Lipinski definition) is 2. The van der Waals surface area contributed by atoms with Crippen molar-refractivity contribution in [3.8, 4) is 0 Å². The lowest BCUT2D eigenvalue weighted by molar-refractivity contribution is -0.118. The zero-order chi connectivity index (χ0) is 17.1. The highest BCUT2D eigenvalue weighted by Gasteiger charge is 2.27. The third-order valence-electron chi connectivity index (χ3n) is 4.01. The van der Waals surface area contributed by atoms with Crippen molar-refractivity contribution in [1.82, 2.24) is 15.5 Å². The van der Waals surface area contributed by atoms with Crippen LogP contribution in [-0.2, 0) is 11.2 Å². The molecule has 1 aromatic carbocycles. The number of para-hydroxylation sites is 1. The van der Waals surface area contributed by atoms with Gasteiger partial charge in [0.25, 0.3) is 5.91 Å². The molecule has 0 fully saturated rings. The van der Waals surface area contributed by atoms with Crippen LogP contribution < -0.4 is 15.5 Å². The first-order valence-corrected chi connectivity index (χ1v) is 7.82. The van der Waals surface area contributed by atoms with Gasteiger partial charge in [-0.25, -0.2) is 0 Å². The maximum Gasteiger partial charge on any atom is 0.271 e. The Morgan fingerprint density at radius 3 is 2.67 bits per heavy atom. The smallest absolute Gasteiger partial charge is 0.271 e. The van der Waals surface area contributed by atoms with Gasteiger partial charge >= 0.3 is 0 Å². The number of hydrogen-bond acceptors (Lipinski definition) is 5. The maximum atomic E-state index is 12.7. The highest BCUT2D eigenvalue weighted by Crippen LogP contribution is 2.28. The Morgan fingerprint density at radius 1 is 1.17 bits per heavy atom. The van der Waals surface area contributed by atoms with E-state index in [9.17, 15) is 9.59 Å². The molecule has 1 aliphatic rings. The first-order chi connectivity index (χ1) is 11.6. The first kappa shape index (κ1) is 15.9. The molecule has 1 aliphatic heterocycles. The van der Waals surface area contributed by atoms with Crippen molar-refractivity contribution in [1.29, 1.82) is 0 Å². The summed E-state index contributed by atoms with van der Waals surface area (Å²) in [5, 5.41) is 13.3. The Hall–Kier alpha value is -2.96. The molecule has 1 atom stereocenters. The number of nitrogens with one attached hydrogen (secondary N) is 2. The second-order valence-electron chi connectivity index (χ2n) is 5.62. The lowest BCUT2D eigenvalue weighted by atomic mass is 10.2.